The van der Waals surface area contributed by atoms with E-state index in [0.29, 0.717) is 35.5 Å². The number of pyridine rings is 3. The summed E-state index contributed by atoms with van der Waals surface area (Å²) >= 11 is 0. The van der Waals surface area contributed by atoms with Crippen molar-refractivity contribution in [1.82, 2.24) is 34.9 Å². The Hall–Kier alpha value is -5.17. The van der Waals surface area contributed by atoms with Crippen molar-refractivity contribution in [2.24, 2.45) is 0 Å². The highest BCUT2D eigenvalue weighted by atomic mass is 14.9. The van der Waals surface area contributed by atoms with Crippen molar-refractivity contribution in [2.45, 2.75) is 119 Å². The van der Waals surface area contributed by atoms with E-state index in [1.165, 1.54) is 5.56 Å². The Labute approximate surface area is 327 Å². The van der Waals surface area contributed by atoms with E-state index in [2.05, 4.69) is 142 Å². The molecule has 7 heteroatoms. The van der Waals surface area contributed by atoms with Crippen molar-refractivity contribution in [3.8, 4) is 0 Å². The van der Waals surface area contributed by atoms with Crippen LogP contribution in [-0.2, 0) is 0 Å². The Bertz CT molecular complexity index is 1340. The van der Waals surface area contributed by atoms with Crippen LogP contribution >= 0.6 is 0 Å². The van der Waals surface area contributed by atoms with E-state index in [0.717, 1.165) is 28.6 Å². The van der Waals surface area contributed by atoms with Crippen molar-refractivity contribution in [3.63, 3.8) is 0 Å². The smallest absolute Gasteiger partial charge is 0.130 e. The van der Waals surface area contributed by atoms with Gasteiger partial charge in [-0.05, 0) is 77.6 Å². The molecular formula is C47H65N7. The van der Waals surface area contributed by atoms with Crippen LogP contribution in [0.15, 0.2) is 141 Å². The molecule has 0 N–H and O–H groups in total. The summed E-state index contributed by atoms with van der Waals surface area (Å²) in [7, 11) is 0. The first kappa shape index (κ1) is 46.9. The molecule has 0 radical (unpaired) electrons. The molecule has 7 nitrogen and oxygen atoms in total. The van der Waals surface area contributed by atoms with Gasteiger partial charge in [-0.2, -0.15) is 0 Å². The number of hydrogen-bond donors (Lipinski definition) is 0. The molecule has 0 aliphatic carbocycles. The van der Waals surface area contributed by atoms with Gasteiger partial charge >= 0.3 is 0 Å². The molecule has 0 bridgehead atoms. The average molecular weight is 728 g/mol. The zero-order valence-electron chi connectivity index (χ0n) is 34.9. The number of rotatable bonds is 6. The third kappa shape index (κ3) is 22.0. The minimum atomic E-state index is 0.436. The van der Waals surface area contributed by atoms with E-state index in [-0.39, 0.29) is 0 Å². The van der Waals surface area contributed by atoms with Crippen molar-refractivity contribution in [2.75, 3.05) is 0 Å². The van der Waals surface area contributed by atoms with Crippen LogP contribution in [-0.4, -0.2) is 34.9 Å². The Morgan fingerprint density at radius 3 is 0.889 bits per heavy atom. The van der Waals surface area contributed by atoms with Crippen LogP contribution in [0.2, 0.25) is 0 Å². The Balaban J connectivity index is 0.000000324. The third-order valence-electron chi connectivity index (χ3n) is 7.58. The second-order valence-corrected chi connectivity index (χ2v) is 14.3. The van der Waals surface area contributed by atoms with Gasteiger partial charge in [0.1, 0.15) is 5.82 Å². The summed E-state index contributed by atoms with van der Waals surface area (Å²) in [6, 6.07) is 30.3. The van der Waals surface area contributed by atoms with Gasteiger partial charge in [-0.25, -0.2) is 9.97 Å². The molecule has 0 unspecified atom stereocenters. The van der Waals surface area contributed by atoms with Gasteiger partial charge in [0.2, 0.25) is 0 Å². The number of benzene rings is 1. The molecule has 6 aromatic rings. The molecule has 5 aromatic heterocycles. The minimum absolute atomic E-state index is 0.436. The molecule has 0 fully saturated rings. The quantitative estimate of drug-likeness (QED) is 0.169. The highest BCUT2D eigenvalue weighted by Crippen LogP contribution is 2.12. The van der Waals surface area contributed by atoms with Crippen LogP contribution in [0.5, 0.6) is 0 Å². The summed E-state index contributed by atoms with van der Waals surface area (Å²) < 4.78 is 0. The second kappa shape index (κ2) is 28.3. The van der Waals surface area contributed by atoms with E-state index in [1.807, 2.05) is 85.3 Å². The van der Waals surface area contributed by atoms with Crippen LogP contribution in [0.3, 0.4) is 0 Å². The first-order valence-electron chi connectivity index (χ1n) is 19.1. The van der Waals surface area contributed by atoms with Crippen molar-refractivity contribution < 1.29 is 0 Å². The topological polar surface area (TPSA) is 90.2 Å². The van der Waals surface area contributed by atoms with Gasteiger partial charge in [-0.15, -0.1) is 0 Å². The first-order chi connectivity index (χ1) is 25.8. The van der Waals surface area contributed by atoms with Crippen LogP contribution in [0.4, 0.5) is 0 Å². The van der Waals surface area contributed by atoms with E-state index < -0.39 is 0 Å². The maximum atomic E-state index is 4.18. The SMILES string of the molecule is CC(C)c1ccccc1.CC(C)c1ccccn1.CC(C)c1ccccn1.CC(C)c1ccccn1.CC(C)c1cnccn1.CC(C)c1ncccn1. The Morgan fingerprint density at radius 2 is 0.667 bits per heavy atom. The molecule has 6 rings (SSSR count). The van der Waals surface area contributed by atoms with Gasteiger partial charge in [-0.3, -0.25) is 24.9 Å². The molecular weight excluding hydrogens is 663 g/mol. The molecule has 0 amide bonds. The lowest BCUT2D eigenvalue weighted by Crippen LogP contribution is -1.93. The van der Waals surface area contributed by atoms with E-state index in [1.54, 1.807) is 31.0 Å². The molecule has 0 saturated carbocycles. The van der Waals surface area contributed by atoms with Crippen LogP contribution < -0.4 is 0 Å². The zero-order chi connectivity index (χ0) is 40.1. The van der Waals surface area contributed by atoms with E-state index in [9.17, 15) is 0 Å². The maximum absolute atomic E-state index is 4.18. The van der Waals surface area contributed by atoms with Gasteiger partial charge in [0.05, 0.1) is 5.69 Å². The molecule has 0 atom stereocenters. The summed E-state index contributed by atoms with van der Waals surface area (Å²) in [6.07, 6.45) is 14.2. The van der Waals surface area contributed by atoms with Crippen molar-refractivity contribution >= 4 is 0 Å². The standard InChI is InChI=1S/C9H12.3C8H11N.2C7H10N2/c1-8(2)9-6-4-3-5-7-9;3*1-7(2)8-5-3-4-6-9-8;1-6(2)7-5-8-3-4-9-7;1-6(2)7-8-4-3-5-9-7/h3-8H,1-2H3;3*3-7H,1-2H3;2*3-6H,1-2H3. The average Bonchev–Trinajstić information content (AvgIpc) is 3.21. The summed E-state index contributed by atoms with van der Waals surface area (Å²) in [5, 5.41) is 0. The van der Waals surface area contributed by atoms with Gasteiger partial charge in [0, 0.05) is 72.6 Å². The maximum Gasteiger partial charge on any atom is 0.130 e. The van der Waals surface area contributed by atoms with Crippen LogP contribution in [0, 0.1) is 0 Å². The summed E-state index contributed by atoms with van der Waals surface area (Å²) in [5.74, 6) is 4.14. The largest absolute Gasteiger partial charge is 0.261 e. The summed E-state index contributed by atoms with van der Waals surface area (Å²) in [6.45, 7) is 25.6. The Kier molecular flexibility index (Phi) is 24.6. The third-order valence-corrected chi connectivity index (χ3v) is 7.58. The zero-order valence-corrected chi connectivity index (χ0v) is 34.9. The minimum Gasteiger partial charge on any atom is -0.261 e. The van der Waals surface area contributed by atoms with Gasteiger partial charge in [0.15, 0.2) is 0 Å². The fourth-order valence-corrected chi connectivity index (χ4v) is 4.21. The molecule has 0 saturated heterocycles. The van der Waals surface area contributed by atoms with Crippen LogP contribution in [0.1, 0.15) is 153 Å². The molecule has 0 aliphatic rings. The lowest BCUT2D eigenvalue weighted by Gasteiger charge is -2.01. The predicted molar refractivity (Wildman–Crippen MR) is 228 cm³/mol. The number of hydrogen-bond acceptors (Lipinski definition) is 7. The molecule has 288 valence electrons. The number of nitrogens with zero attached hydrogens (tertiary/aromatic N) is 7. The Morgan fingerprint density at radius 1 is 0.296 bits per heavy atom. The summed E-state index contributed by atoms with van der Waals surface area (Å²) in [4.78, 5) is 28.7. The first-order valence-corrected chi connectivity index (χ1v) is 19.1. The van der Waals surface area contributed by atoms with Gasteiger partial charge < -0.3 is 0 Å². The van der Waals surface area contributed by atoms with Crippen molar-refractivity contribution in [3.05, 3.63) is 175 Å². The highest BCUT2D eigenvalue weighted by Gasteiger charge is 1.99. The fourth-order valence-electron chi connectivity index (χ4n) is 4.21. The van der Waals surface area contributed by atoms with Crippen molar-refractivity contribution in [1.29, 1.82) is 0 Å². The number of aromatic nitrogens is 7. The van der Waals surface area contributed by atoms with Gasteiger partial charge in [-0.1, -0.05) is 132 Å². The van der Waals surface area contributed by atoms with E-state index in [4.69, 9.17) is 0 Å². The van der Waals surface area contributed by atoms with E-state index >= 15 is 0 Å². The monoisotopic (exact) mass is 728 g/mol. The lowest BCUT2D eigenvalue weighted by molar-refractivity contribution is 0.774. The highest BCUT2D eigenvalue weighted by molar-refractivity contribution is 5.17. The van der Waals surface area contributed by atoms with Gasteiger partial charge in [0.25, 0.3) is 0 Å². The van der Waals surface area contributed by atoms with Crippen LogP contribution in [0.25, 0.3) is 0 Å². The molecule has 54 heavy (non-hydrogen) atoms. The second-order valence-electron chi connectivity index (χ2n) is 14.3. The summed E-state index contributed by atoms with van der Waals surface area (Å²) in [5.41, 5.74) is 5.96. The fraction of sp³-hybridized carbons (Fsp3) is 0.383. The lowest BCUT2D eigenvalue weighted by atomic mass is 10.0. The predicted octanol–water partition coefficient (Wildman–Crippen LogP) is 12.6. The normalized spacial score (nSPS) is 10.1. The molecule has 0 spiro atoms. The molecule has 0 aliphatic heterocycles. The molecule has 5 heterocycles. The molecule has 1 aromatic carbocycles.